The van der Waals surface area contributed by atoms with Gasteiger partial charge in [0.2, 0.25) is 0 Å². The van der Waals surface area contributed by atoms with Crippen LogP contribution in [0.25, 0.3) is 6.08 Å². The number of ether oxygens (including phenoxy) is 1. The molecule has 0 unspecified atom stereocenters. The molecule has 0 bridgehead atoms. The molecule has 1 aliphatic heterocycles. The first-order valence-corrected chi connectivity index (χ1v) is 7.98. The van der Waals surface area contributed by atoms with Gasteiger partial charge in [-0.25, -0.2) is 4.39 Å². The Morgan fingerprint density at radius 1 is 1.22 bits per heavy atom. The standard InChI is InChI=1S/C17H12FNO2S2/c1-21-14-7-3-6-13(10-14)19-16(20)15(23-17(19)22)9-11-4-2-5-12(18)8-11/h2-10H,1H3. The Labute approximate surface area is 142 Å². The van der Waals surface area contributed by atoms with Gasteiger partial charge in [-0.1, -0.05) is 42.2 Å². The zero-order valence-electron chi connectivity index (χ0n) is 12.2. The van der Waals surface area contributed by atoms with Gasteiger partial charge in [-0.15, -0.1) is 0 Å². The average molecular weight is 345 g/mol. The second kappa shape index (κ2) is 6.52. The van der Waals surface area contributed by atoms with Crippen LogP contribution < -0.4 is 9.64 Å². The summed E-state index contributed by atoms with van der Waals surface area (Å²) in [5.74, 6) is 0.0743. The summed E-state index contributed by atoms with van der Waals surface area (Å²) in [4.78, 5) is 14.5. The highest BCUT2D eigenvalue weighted by atomic mass is 32.2. The van der Waals surface area contributed by atoms with Crippen LogP contribution in [0.1, 0.15) is 5.56 Å². The van der Waals surface area contributed by atoms with Gasteiger partial charge in [0.15, 0.2) is 4.32 Å². The molecule has 1 heterocycles. The van der Waals surface area contributed by atoms with Gasteiger partial charge in [0.1, 0.15) is 11.6 Å². The fourth-order valence-corrected chi connectivity index (χ4v) is 3.49. The quantitative estimate of drug-likeness (QED) is 0.615. The minimum atomic E-state index is -0.345. The number of hydrogen-bond acceptors (Lipinski definition) is 4. The van der Waals surface area contributed by atoms with Crippen LogP contribution in [0, 0.1) is 5.82 Å². The van der Waals surface area contributed by atoms with Crippen molar-refractivity contribution >= 4 is 46.0 Å². The van der Waals surface area contributed by atoms with E-state index in [1.54, 1.807) is 49.6 Å². The van der Waals surface area contributed by atoms with Crippen molar-refractivity contribution in [2.75, 3.05) is 12.0 Å². The lowest BCUT2D eigenvalue weighted by atomic mass is 10.2. The van der Waals surface area contributed by atoms with Crippen molar-refractivity contribution in [3.05, 3.63) is 64.8 Å². The van der Waals surface area contributed by atoms with Gasteiger partial charge >= 0.3 is 0 Å². The van der Waals surface area contributed by atoms with E-state index >= 15 is 0 Å². The molecule has 0 saturated carbocycles. The van der Waals surface area contributed by atoms with Crippen LogP contribution in [-0.4, -0.2) is 17.3 Å². The predicted molar refractivity (Wildman–Crippen MR) is 95.0 cm³/mol. The zero-order valence-corrected chi connectivity index (χ0v) is 13.8. The maximum atomic E-state index is 13.3. The van der Waals surface area contributed by atoms with E-state index in [9.17, 15) is 9.18 Å². The molecule has 23 heavy (non-hydrogen) atoms. The average Bonchev–Trinajstić information content (AvgIpc) is 2.81. The molecule has 116 valence electrons. The Morgan fingerprint density at radius 3 is 2.74 bits per heavy atom. The van der Waals surface area contributed by atoms with Crippen molar-refractivity contribution in [3.63, 3.8) is 0 Å². The molecule has 0 N–H and O–H groups in total. The molecule has 6 heteroatoms. The maximum absolute atomic E-state index is 13.3. The third-order valence-electron chi connectivity index (χ3n) is 3.25. The van der Waals surface area contributed by atoms with Crippen LogP contribution in [0.5, 0.6) is 5.75 Å². The minimum absolute atomic E-state index is 0.225. The van der Waals surface area contributed by atoms with Crippen molar-refractivity contribution in [2.45, 2.75) is 0 Å². The molecule has 0 radical (unpaired) electrons. The zero-order chi connectivity index (χ0) is 16.4. The molecule has 0 spiro atoms. The number of thiocarbonyl (C=S) groups is 1. The van der Waals surface area contributed by atoms with Gasteiger partial charge in [-0.2, -0.15) is 0 Å². The van der Waals surface area contributed by atoms with E-state index < -0.39 is 0 Å². The van der Waals surface area contributed by atoms with Crippen LogP contribution in [0.4, 0.5) is 10.1 Å². The van der Waals surface area contributed by atoms with Gasteiger partial charge in [-0.3, -0.25) is 9.69 Å². The molecular weight excluding hydrogens is 333 g/mol. The lowest BCUT2D eigenvalue weighted by Gasteiger charge is -2.15. The molecule has 1 aliphatic rings. The van der Waals surface area contributed by atoms with Crippen molar-refractivity contribution < 1.29 is 13.9 Å². The lowest BCUT2D eigenvalue weighted by molar-refractivity contribution is -0.113. The molecule has 1 fully saturated rings. The number of rotatable bonds is 3. The Kier molecular flexibility index (Phi) is 4.45. The van der Waals surface area contributed by atoms with E-state index in [0.29, 0.717) is 26.2 Å². The highest BCUT2D eigenvalue weighted by Crippen LogP contribution is 2.36. The first kappa shape index (κ1) is 15.7. The smallest absolute Gasteiger partial charge is 0.270 e. The summed E-state index contributed by atoms with van der Waals surface area (Å²) in [6, 6.07) is 13.2. The third kappa shape index (κ3) is 3.28. The van der Waals surface area contributed by atoms with Gasteiger partial charge in [-0.05, 0) is 35.9 Å². The molecule has 2 aromatic carbocycles. The number of methoxy groups -OCH3 is 1. The highest BCUT2D eigenvalue weighted by molar-refractivity contribution is 8.27. The Morgan fingerprint density at radius 2 is 2.00 bits per heavy atom. The fourth-order valence-electron chi connectivity index (χ4n) is 2.19. The second-order valence-corrected chi connectivity index (χ2v) is 6.45. The molecular formula is C17H12FNO2S2. The number of carbonyl (C=O) groups excluding carboxylic acids is 1. The number of thioether (sulfide) groups is 1. The summed E-state index contributed by atoms with van der Waals surface area (Å²) in [5.41, 5.74) is 1.27. The molecule has 0 aliphatic carbocycles. The van der Waals surface area contributed by atoms with E-state index in [2.05, 4.69) is 0 Å². The van der Waals surface area contributed by atoms with Gasteiger partial charge in [0.05, 0.1) is 17.7 Å². The molecule has 0 atom stereocenters. The van der Waals surface area contributed by atoms with Crippen LogP contribution in [0.3, 0.4) is 0 Å². The summed E-state index contributed by atoms with van der Waals surface area (Å²) in [6.45, 7) is 0. The minimum Gasteiger partial charge on any atom is -0.497 e. The molecule has 0 aromatic heterocycles. The number of hydrogen-bond donors (Lipinski definition) is 0. The Balaban J connectivity index is 1.93. The largest absolute Gasteiger partial charge is 0.497 e. The predicted octanol–water partition coefficient (Wildman–Crippen LogP) is 4.24. The highest BCUT2D eigenvalue weighted by Gasteiger charge is 2.33. The van der Waals surface area contributed by atoms with Crippen molar-refractivity contribution in [1.82, 2.24) is 0 Å². The van der Waals surface area contributed by atoms with Gasteiger partial charge in [0, 0.05) is 6.07 Å². The first-order chi connectivity index (χ1) is 11.1. The van der Waals surface area contributed by atoms with E-state index in [0.717, 1.165) is 0 Å². The number of anilines is 1. The van der Waals surface area contributed by atoms with E-state index in [1.165, 1.54) is 28.8 Å². The van der Waals surface area contributed by atoms with Crippen LogP contribution in [-0.2, 0) is 4.79 Å². The number of nitrogens with zero attached hydrogens (tertiary/aromatic N) is 1. The normalized spacial score (nSPS) is 16.3. The summed E-state index contributed by atoms with van der Waals surface area (Å²) in [6.07, 6.45) is 1.64. The van der Waals surface area contributed by atoms with Crippen LogP contribution in [0.2, 0.25) is 0 Å². The van der Waals surface area contributed by atoms with Crippen molar-refractivity contribution in [2.24, 2.45) is 0 Å². The Hall–Kier alpha value is -2.18. The Bertz CT molecular complexity index is 820. The molecule has 1 saturated heterocycles. The van der Waals surface area contributed by atoms with Crippen molar-refractivity contribution in [3.8, 4) is 5.75 Å². The van der Waals surface area contributed by atoms with Gasteiger partial charge in [0.25, 0.3) is 5.91 Å². The lowest BCUT2D eigenvalue weighted by Crippen LogP contribution is -2.27. The molecule has 3 rings (SSSR count). The van der Waals surface area contributed by atoms with Crippen molar-refractivity contribution in [1.29, 1.82) is 0 Å². The second-order valence-electron chi connectivity index (χ2n) is 4.77. The van der Waals surface area contributed by atoms with Gasteiger partial charge < -0.3 is 4.74 Å². The number of benzene rings is 2. The topological polar surface area (TPSA) is 29.5 Å². The summed E-state index contributed by atoms with van der Waals surface area (Å²) >= 11 is 6.51. The number of carbonyl (C=O) groups is 1. The summed E-state index contributed by atoms with van der Waals surface area (Å²) in [5, 5.41) is 0. The first-order valence-electron chi connectivity index (χ1n) is 6.76. The fraction of sp³-hybridized carbons (Fsp3) is 0.0588. The molecule has 1 amide bonds. The summed E-state index contributed by atoms with van der Waals surface area (Å²) in [7, 11) is 1.56. The van der Waals surface area contributed by atoms with E-state index in [4.69, 9.17) is 17.0 Å². The SMILES string of the molecule is COc1cccc(N2C(=O)C(=Cc3cccc(F)c3)SC2=S)c1. The molecule has 2 aromatic rings. The van der Waals surface area contributed by atoms with E-state index in [-0.39, 0.29) is 11.7 Å². The number of halogens is 1. The number of amides is 1. The van der Waals surface area contributed by atoms with E-state index in [1.807, 2.05) is 0 Å². The third-order valence-corrected chi connectivity index (χ3v) is 4.55. The van der Waals surface area contributed by atoms with Crippen LogP contribution in [0.15, 0.2) is 53.4 Å². The summed E-state index contributed by atoms with van der Waals surface area (Å²) < 4.78 is 18.9. The molecule has 3 nitrogen and oxygen atoms in total. The maximum Gasteiger partial charge on any atom is 0.270 e. The monoisotopic (exact) mass is 345 g/mol. The van der Waals surface area contributed by atoms with Crippen LogP contribution >= 0.6 is 24.0 Å².